The SMILES string of the molecule is O=[N+]([O-])c1cc(F)cc(F)c1NCC1(CO)CCCCC1. The minimum absolute atomic E-state index is 0.0589. The molecule has 1 aliphatic carbocycles. The van der Waals surface area contributed by atoms with Crippen molar-refractivity contribution in [2.75, 3.05) is 18.5 Å². The molecule has 0 atom stereocenters. The van der Waals surface area contributed by atoms with Crippen LogP contribution in [0.25, 0.3) is 0 Å². The van der Waals surface area contributed by atoms with Gasteiger partial charge < -0.3 is 10.4 Å². The highest BCUT2D eigenvalue weighted by molar-refractivity contribution is 5.62. The average molecular weight is 300 g/mol. The van der Waals surface area contributed by atoms with Crippen molar-refractivity contribution in [3.8, 4) is 0 Å². The van der Waals surface area contributed by atoms with Crippen LogP contribution in [0.2, 0.25) is 0 Å². The Morgan fingerprint density at radius 3 is 2.52 bits per heavy atom. The van der Waals surface area contributed by atoms with Crippen molar-refractivity contribution in [2.45, 2.75) is 32.1 Å². The molecule has 5 nitrogen and oxygen atoms in total. The molecule has 1 aliphatic rings. The molecule has 0 heterocycles. The highest BCUT2D eigenvalue weighted by Gasteiger charge is 2.32. The molecule has 0 spiro atoms. The summed E-state index contributed by atoms with van der Waals surface area (Å²) < 4.78 is 26.9. The van der Waals surface area contributed by atoms with E-state index in [1.807, 2.05) is 0 Å². The smallest absolute Gasteiger partial charge is 0.298 e. The number of benzene rings is 1. The number of hydrogen-bond donors (Lipinski definition) is 2. The summed E-state index contributed by atoms with van der Waals surface area (Å²) in [7, 11) is 0. The molecule has 116 valence electrons. The predicted molar refractivity (Wildman–Crippen MR) is 74.1 cm³/mol. The number of hydrogen-bond acceptors (Lipinski definition) is 4. The van der Waals surface area contributed by atoms with Crippen LogP contribution in [0.5, 0.6) is 0 Å². The molecule has 0 radical (unpaired) electrons. The Kier molecular flexibility index (Phi) is 4.72. The van der Waals surface area contributed by atoms with E-state index in [0.717, 1.165) is 32.1 Å². The van der Waals surface area contributed by atoms with Crippen LogP contribution in [0.3, 0.4) is 0 Å². The number of nitro benzene ring substituents is 1. The second-order valence-corrected chi connectivity index (χ2v) is 5.61. The lowest BCUT2D eigenvalue weighted by Crippen LogP contribution is -2.35. The maximum Gasteiger partial charge on any atom is 0.298 e. The third kappa shape index (κ3) is 3.47. The first-order valence-corrected chi connectivity index (χ1v) is 6.96. The first-order chi connectivity index (χ1) is 9.97. The number of aliphatic hydroxyl groups excluding tert-OH is 1. The zero-order valence-corrected chi connectivity index (χ0v) is 11.6. The lowest BCUT2D eigenvalue weighted by atomic mass is 9.74. The zero-order chi connectivity index (χ0) is 15.5. The zero-order valence-electron chi connectivity index (χ0n) is 11.6. The fraction of sp³-hybridized carbons (Fsp3) is 0.571. The molecule has 0 bridgehead atoms. The molecule has 2 rings (SSSR count). The molecule has 7 heteroatoms. The molecule has 0 aromatic heterocycles. The van der Waals surface area contributed by atoms with E-state index >= 15 is 0 Å². The summed E-state index contributed by atoms with van der Waals surface area (Å²) in [6.45, 7) is 0.170. The van der Waals surface area contributed by atoms with Gasteiger partial charge in [-0.1, -0.05) is 19.3 Å². The number of halogens is 2. The summed E-state index contributed by atoms with van der Waals surface area (Å²) in [5, 5.41) is 23.2. The molecule has 21 heavy (non-hydrogen) atoms. The van der Waals surface area contributed by atoms with Crippen LogP contribution in [-0.2, 0) is 0 Å². The van der Waals surface area contributed by atoms with Crippen molar-refractivity contribution >= 4 is 11.4 Å². The van der Waals surface area contributed by atoms with Crippen molar-refractivity contribution in [1.29, 1.82) is 0 Å². The van der Waals surface area contributed by atoms with Crippen molar-refractivity contribution in [2.24, 2.45) is 5.41 Å². The Labute approximate surface area is 121 Å². The van der Waals surface area contributed by atoms with Crippen LogP contribution in [0.4, 0.5) is 20.2 Å². The van der Waals surface area contributed by atoms with Gasteiger partial charge in [0, 0.05) is 18.0 Å². The van der Waals surface area contributed by atoms with Crippen LogP contribution in [0, 0.1) is 27.2 Å². The van der Waals surface area contributed by atoms with Crippen LogP contribution < -0.4 is 5.32 Å². The van der Waals surface area contributed by atoms with E-state index in [2.05, 4.69) is 5.32 Å². The van der Waals surface area contributed by atoms with Gasteiger partial charge in [-0.25, -0.2) is 8.78 Å². The van der Waals surface area contributed by atoms with Crippen LogP contribution in [-0.4, -0.2) is 23.2 Å². The molecule has 0 saturated heterocycles. The minimum Gasteiger partial charge on any atom is -0.396 e. The monoisotopic (exact) mass is 300 g/mol. The number of rotatable bonds is 5. The maximum absolute atomic E-state index is 13.8. The van der Waals surface area contributed by atoms with E-state index in [4.69, 9.17) is 0 Å². The molecule has 1 aromatic rings. The molecule has 0 amide bonds. The van der Waals surface area contributed by atoms with Gasteiger partial charge in [-0.05, 0) is 12.8 Å². The predicted octanol–water partition coefficient (Wildman–Crippen LogP) is 3.23. The Balaban J connectivity index is 2.21. The lowest BCUT2D eigenvalue weighted by molar-refractivity contribution is -0.384. The second-order valence-electron chi connectivity index (χ2n) is 5.61. The molecule has 2 N–H and O–H groups in total. The molecule has 0 aliphatic heterocycles. The van der Waals surface area contributed by atoms with Crippen LogP contribution >= 0.6 is 0 Å². The summed E-state index contributed by atoms with van der Waals surface area (Å²) in [5.74, 6) is -1.98. The third-order valence-electron chi connectivity index (χ3n) is 4.12. The fourth-order valence-corrected chi connectivity index (χ4v) is 2.85. The topological polar surface area (TPSA) is 75.4 Å². The summed E-state index contributed by atoms with van der Waals surface area (Å²) >= 11 is 0. The van der Waals surface area contributed by atoms with Gasteiger partial charge in [0.15, 0.2) is 5.82 Å². The van der Waals surface area contributed by atoms with Gasteiger partial charge in [0.1, 0.15) is 11.5 Å². The van der Waals surface area contributed by atoms with Gasteiger partial charge >= 0.3 is 0 Å². The highest BCUT2D eigenvalue weighted by atomic mass is 19.1. The Morgan fingerprint density at radius 1 is 1.29 bits per heavy atom. The van der Waals surface area contributed by atoms with Crippen molar-refractivity contribution in [1.82, 2.24) is 0 Å². The summed E-state index contributed by atoms with van der Waals surface area (Å²) in [5.41, 5.74) is -1.34. The fourth-order valence-electron chi connectivity index (χ4n) is 2.85. The van der Waals surface area contributed by atoms with Crippen LogP contribution in [0.15, 0.2) is 12.1 Å². The average Bonchev–Trinajstić information content (AvgIpc) is 2.46. The maximum atomic E-state index is 13.8. The first kappa shape index (κ1) is 15.6. The Hall–Kier alpha value is -1.76. The Morgan fingerprint density at radius 2 is 1.95 bits per heavy atom. The molecule has 1 saturated carbocycles. The van der Waals surface area contributed by atoms with E-state index < -0.39 is 27.7 Å². The normalized spacial score (nSPS) is 17.5. The Bertz CT molecular complexity index is 531. The van der Waals surface area contributed by atoms with Crippen molar-refractivity contribution in [3.63, 3.8) is 0 Å². The second kappa shape index (κ2) is 6.34. The summed E-state index contributed by atoms with van der Waals surface area (Å²) in [6.07, 6.45) is 4.60. The number of anilines is 1. The van der Waals surface area contributed by atoms with E-state index in [1.165, 1.54) is 0 Å². The highest BCUT2D eigenvalue weighted by Crippen LogP contribution is 2.37. The standard InChI is InChI=1S/C14H18F2N2O3/c15-10-6-11(16)13(12(7-10)18(20)21)17-8-14(9-19)4-2-1-3-5-14/h6-7,17,19H,1-5,8-9H2. The van der Waals surface area contributed by atoms with Crippen LogP contribution in [0.1, 0.15) is 32.1 Å². The van der Waals surface area contributed by atoms with Crippen molar-refractivity contribution in [3.05, 3.63) is 33.9 Å². The third-order valence-corrected chi connectivity index (χ3v) is 4.12. The largest absolute Gasteiger partial charge is 0.396 e. The first-order valence-electron chi connectivity index (χ1n) is 6.96. The van der Waals surface area contributed by atoms with Gasteiger partial charge in [0.25, 0.3) is 5.69 Å². The summed E-state index contributed by atoms with van der Waals surface area (Å²) in [6, 6.07) is 1.31. The lowest BCUT2D eigenvalue weighted by Gasteiger charge is -2.35. The van der Waals surface area contributed by atoms with E-state index in [1.54, 1.807) is 0 Å². The molecule has 1 fully saturated rings. The minimum atomic E-state index is -0.995. The molecular formula is C14H18F2N2O3. The van der Waals surface area contributed by atoms with E-state index in [-0.39, 0.29) is 18.8 Å². The van der Waals surface area contributed by atoms with Crippen molar-refractivity contribution < 1.29 is 18.8 Å². The molecule has 0 unspecified atom stereocenters. The van der Waals surface area contributed by atoms with Gasteiger partial charge in [-0.2, -0.15) is 0 Å². The number of nitrogens with zero attached hydrogens (tertiary/aromatic N) is 1. The molecule has 1 aromatic carbocycles. The van der Waals surface area contributed by atoms with E-state index in [9.17, 15) is 24.0 Å². The quantitative estimate of drug-likeness (QED) is 0.646. The molecular weight excluding hydrogens is 282 g/mol. The van der Waals surface area contributed by atoms with Gasteiger partial charge in [0.05, 0.1) is 17.6 Å². The van der Waals surface area contributed by atoms with Gasteiger partial charge in [-0.15, -0.1) is 0 Å². The summed E-state index contributed by atoms with van der Waals surface area (Å²) in [4.78, 5) is 10.1. The van der Waals surface area contributed by atoms with Gasteiger partial charge in [-0.3, -0.25) is 10.1 Å². The number of nitro groups is 1. The van der Waals surface area contributed by atoms with Gasteiger partial charge in [0.2, 0.25) is 0 Å². The number of nitrogens with one attached hydrogen (secondary N) is 1. The van der Waals surface area contributed by atoms with E-state index in [0.29, 0.717) is 12.1 Å². The number of aliphatic hydroxyl groups is 1.